The zero-order chi connectivity index (χ0) is 14.3. The zero-order valence-corrected chi connectivity index (χ0v) is 12.2. The van der Waals surface area contributed by atoms with Gasteiger partial charge >= 0.3 is 0 Å². The van der Waals surface area contributed by atoms with Crippen molar-refractivity contribution in [3.8, 4) is 5.75 Å². The van der Waals surface area contributed by atoms with E-state index in [1.165, 1.54) is 7.11 Å². The fourth-order valence-corrected chi connectivity index (χ4v) is 2.42. The molecule has 108 valence electrons. The fraction of sp³-hybridized carbons (Fsp3) is 0.600. The molecule has 0 spiro atoms. The van der Waals surface area contributed by atoms with E-state index in [0.717, 1.165) is 19.4 Å². The van der Waals surface area contributed by atoms with Crippen molar-refractivity contribution in [3.63, 3.8) is 0 Å². The Labute approximate surface area is 115 Å². The van der Waals surface area contributed by atoms with Crippen molar-refractivity contribution in [2.45, 2.75) is 39.3 Å². The number of ether oxygens (including phenoxy) is 1. The van der Waals surface area contributed by atoms with E-state index in [2.05, 4.69) is 18.7 Å². The average Bonchev–Trinajstić information content (AvgIpc) is 2.42. The van der Waals surface area contributed by atoms with Crippen molar-refractivity contribution < 1.29 is 9.13 Å². The number of hydrogen-bond donors (Lipinski definition) is 1. The predicted octanol–water partition coefficient (Wildman–Crippen LogP) is 2.78. The lowest BCUT2D eigenvalue weighted by atomic mass is 10.1. The molecule has 0 radical (unpaired) electrons. The van der Waals surface area contributed by atoms with Gasteiger partial charge in [-0.1, -0.05) is 26.0 Å². The highest BCUT2D eigenvalue weighted by molar-refractivity contribution is 5.31. The van der Waals surface area contributed by atoms with Crippen LogP contribution in [0, 0.1) is 5.82 Å². The molecule has 0 saturated carbocycles. The van der Waals surface area contributed by atoms with Gasteiger partial charge in [0.2, 0.25) is 0 Å². The van der Waals surface area contributed by atoms with E-state index >= 15 is 0 Å². The molecule has 0 saturated heterocycles. The zero-order valence-electron chi connectivity index (χ0n) is 12.2. The highest BCUT2D eigenvalue weighted by Gasteiger charge is 2.17. The van der Waals surface area contributed by atoms with Gasteiger partial charge in [-0.2, -0.15) is 0 Å². The molecule has 1 aromatic rings. The highest BCUT2D eigenvalue weighted by atomic mass is 19.1. The quantitative estimate of drug-likeness (QED) is 0.788. The van der Waals surface area contributed by atoms with Crippen molar-refractivity contribution in [2.75, 3.05) is 20.2 Å². The van der Waals surface area contributed by atoms with Crippen LogP contribution in [-0.4, -0.2) is 31.1 Å². The van der Waals surface area contributed by atoms with Crippen molar-refractivity contribution >= 4 is 0 Å². The molecule has 0 heterocycles. The minimum atomic E-state index is -0.266. The van der Waals surface area contributed by atoms with Crippen LogP contribution in [0.25, 0.3) is 0 Å². The lowest BCUT2D eigenvalue weighted by molar-refractivity contribution is 0.179. The summed E-state index contributed by atoms with van der Waals surface area (Å²) in [5.74, 6) is 0.0349. The third kappa shape index (κ3) is 4.18. The van der Waals surface area contributed by atoms with Crippen LogP contribution in [0.3, 0.4) is 0 Å². The first-order valence-electron chi connectivity index (χ1n) is 6.93. The molecule has 3 nitrogen and oxygen atoms in total. The Balaban J connectivity index is 2.89. The summed E-state index contributed by atoms with van der Waals surface area (Å²) in [6.45, 7) is 6.25. The molecule has 0 aliphatic heterocycles. The van der Waals surface area contributed by atoms with Gasteiger partial charge in [-0.3, -0.25) is 4.90 Å². The molecule has 19 heavy (non-hydrogen) atoms. The molecule has 0 amide bonds. The largest absolute Gasteiger partial charge is 0.494 e. The van der Waals surface area contributed by atoms with E-state index in [1.807, 2.05) is 12.1 Å². The Kier molecular flexibility index (Phi) is 6.81. The van der Waals surface area contributed by atoms with Gasteiger partial charge < -0.3 is 10.5 Å². The third-order valence-corrected chi connectivity index (χ3v) is 3.51. The van der Waals surface area contributed by atoms with Crippen LogP contribution < -0.4 is 10.5 Å². The van der Waals surface area contributed by atoms with Crippen molar-refractivity contribution in [1.82, 2.24) is 4.90 Å². The first-order valence-corrected chi connectivity index (χ1v) is 6.93. The van der Waals surface area contributed by atoms with Crippen LogP contribution in [-0.2, 0) is 6.54 Å². The lowest BCUT2D eigenvalue weighted by Gasteiger charge is -2.30. The molecule has 0 fully saturated rings. The normalized spacial score (nSPS) is 11.3. The summed E-state index contributed by atoms with van der Waals surface area (Å²) >= 11 is 0. The summed E-state index contributed by atoms with van der Waals surface area (Å²) in [5.41, 5.74) is 6.33. The monoisotopic (exact) mass is 268 g/mol. The Hall–Kier alpha value is -1.13. The topological polar surface area (TPSA) is 38.5 Å². The molecule has 4 heteroatoms. The molecule has 0 bridgehead atoms. The number of rotatable bonds is 8. The lowest BCUT2D eigenvalue weighted by Crippen LogP contribution is -2.37. The number of nitrogens with two attached hydrogens (primary N) is 1. The number of benzene rings is 1. The molecule has 0 unspecified atom stereocenters. The van der Waals surface area contributed by atoms with Gasteiger partial charge in [0.1, 0.15) is 0 Å². The summed E-state index contributed by atoms with van der Waals surface area (Å²) < 4.78 is 19.2. The summed E-state index contributed by atoms with van der Waals surface area (Å²) in [4.78, 5) is 2.25. The Morgan fingerprint density at radius 1 is 1.32 bits per heavy atom. The molecule has 0 atom stereocenters. The SMILES string of the molecule is CCC(CC)N(CCN)Cc1cccc(OC)c1F. The fourth-order valence-electron chi connectivity index (χ4n) is 2.42. The average molecular weight is 268 g/mol. The van der Waals surface area contributed by atoms with Crippen LogP contribution in [0.1, 0.15) is 32.3 Å². The number of methoxy groups -OCH3 is 1. The Bertz CT molecular complexity index is 380. The smallest absolute Gasteiger partial charge is 0.169 e. The van der Waals surface area contributed by atoms with Gasteiger partial charge in [0.25, 0.3) is 0 Å². The van der Waals surface area contributed by atoms with Crippen molar-refractivity contribution in [2.24, 2.45) is 5.73 Å². The predicted molar refractivity (Wildman–Crippen MR) is 76.8 cm³/mol. The molecule has 0 aromatic heterocycles. The maximum absolute atomic E-state index is 14.2. The van der Waals surface area contributed by atoms with Crippen LogP contribution in [0.5, 0.6) is 5.75 Å². The molecule has 1 rings (SSSR count). The Morgan fingerprint density at radius 3 is 2.53 bits per heavy atom. The van der Waals surface area contributed by atoms with Crippen LogP contribution in [0.2, 0.25) is 0 Å². The van der Waals surface area contributed by atoms with Gasteiger partial charge in [-0.05, 0) is 18.9 Å². The molecule has 1 aromatic carbocycles. The van der Waals surface area contributed by atoms with Crippen LogP contribution in [0.15, 0.2) is 18.2 Å². The molecule has 0 aliphatic carbocycles. The summed E-state index contributed by atoms with van der Waals surface area (Å²) in [7, 11) is 1.49. The van der Waals surface area contributed by atoms with E-state index in [0.29, 0.717) is 30.4 Å². The van der Waals surface area contributed by atoms with Crippen molar-refractivity contribution in [3.05, 3.63) is 29.6 Å². The second-order valence-corrected chi connectivity index (χ2v) is 4.66. The number of nitrogens with zero attached hydrogens (tertiary/aromatic N) is 1. The first-order chi connectivity index (χ1) is 9.17. The van der Waals surface area contributed by atoms with Gasteiger partial charge in [0, 0.05) is 31.2 Å². The van der Waals surface area contributed by atoms with Crippen molar-refractivity contribution in [1.29, 1.82) is 0 Å². The minimum Gasteiger partial charge on any atom is -0.494 e. The second-order valence-electron chi connectivity index (χ2n) is 4.66. The van der Waals surface area contributed by atoms with E-state index in [-0.39, 0.29) is 5.82 Å². The highest BCUT2D eigenvalue weighted by Crippen LogP contribution is 2.22. The molecule has 2 N–H and O–H groups in total. The van der Waals surface area contributed by atoms with E-state index in [4.69, 9.17) is 10.5 Å². The van der Waals surface area contributed by atoms with E-state index in [9.17, 15) is 4.39 Å². The third-order valence-electron chi connectivity index (χ3n) is 3.51. The first kappa shape index (κ1) is 15.9. The molecular formula is C15H25FN2O. The standard InChI is InChI=1S/C15H25FN2O/c1-4-13(5-2)18(10-9-17)11-12-7-6-8-14(19-3)15(12)16/h6-8,13H,4-5,9-11,17H2,1-3H3. The Morgan fingerprint density at radius 2 is 2.00 bits per heavy atom. The summed E-state index contributed by atoms with van der Waals surface area (Å²) in [6.07, 6.45) is 2.09. The molecule has 0 aliphatic rings. The maximum atomic E-state index is 14.2. The summed E-state index contributed by atoms with van der Waals surface area (Å²) in [5, 5.41) is 0. The van der Waals surface area contributed by atoms with Crippen LogP contribution in [0.4, 0.5) is 4.39 Å². The minimum absolute atomic E-state index is 0.266. The number of hydrogen-bond acceptors (Lipinski definition) is 3. The van der Waals surface area contributed by atoms with Gasteiger partial charge in [0.05, 0.1) is 7.11 Å². The maximum Gasteiger partial charge on any atom is 0.169 e. The van der Waals surface area contributed by atoms with E-state index < -0.39 is 0 Å². The number of halogens is 1. The molecular weight excluding hydrogens is 243 g/mol. The van der Waals surface area contributed by atoms with Gasteiger partial charge in [-0.25, -0.2) is 4.39 Å². The van der Waals surface area contributed by atoms with Crippen LogP contribution >= 0.6 is 0 Å². The van der Waals surface area contributed by atoms with E-state index in [1.54, 1.807) is 6.07 Å². The van der Waals surface area contributed by atoms with Gasteiger partial charge in [0.15, 0.2) is 11.6 Å². The van der Waals surface area contributed by atoms with Gasteiger partial charge in [-0.15, -0.1) is 0 Å². The second kappa shape index (κ2) is 8.12. The summed E-state index contributed by atoms with van der Waals surface area (Å²) in [6, 6.07) is 5.71.